The van der Waals surface area contributed by atoms with E-state index in [1.54, 1.807) is 0 Å². The number of aliphatic hydroxyl groups excluding tert-OH is 3. The predicted octanol–water partition coefficient (Wildman–Crippen LogP) is -0.0160. The van der Waals surface area contributed by atoms with Crippen LogP contribution in [0.5, 0.6) is 0 Å². The molecule has 0 aliphatic carbocycles. The maximum Gasteiger partial charge on any atom is 0.149 e. The molecule has 2 rings (SSSR count). The molecule has 0 saturated heterocycles. The first-order chi connectivity index (χ1) is 9.13. The fourth-order valence-electron chi connectivity index (χ4n) is 2.01. The molecule has 0 fully saturated rings. The minimum atomic E-state index is -1.34. The van der Waals surface area contributed by atoms with Gasteiger partial charge in [-0.15, -0.1) is 0 Å². The molecular weight excluding hydrogens is 251 g/mol. The van der Waals surface area contributed by atoms with Crippen LogP contribution in [0.2, 0.25) is 0 Å². The van der Waals surface area contributed by atoms with E-state index in [4.69, 9.17) is 5.11 Å². The summed E-state index contributed by atoms with van der Waals surface area (Å²) in [5.74, 6) is -0.533. The third-order valence-electron chi connectivity index (χ3n) is 3.12. The zero-order valence-corrected chi connectivity index (χ0v) is 10.4. The van der Waals surface area contributed by atoms with E-state index in [-0.39, 0.29) is 11.3 Å². The van der Waals surface area contributed by atoms with Crippen molar-refractivity contribution in [3.05, 3.63) is 35.4 Å². The van der Waals surface area contributed by atoms with Gasteiger partial charge >= 0.3 is 0 Å². The minimum absolute atomic E-state index is 0.150. The molecule has 0 saturated carbocycles. The van der Waals surface area contributed by atoms with Gasteiger partial charge in [0.25, 0.3) is 0 Å². The summed E-state index contributed by atoms with van der Waals surface area (Å²) in [6.07, 6.45) is 1.22. The van der Waals surface area contributed by atoms with E-state index in [1.807, 2.05) is 6.08 Å². The lowest BCUT2D eigenvalue weighted by atomic mass is 10.0. The zero-order valence-electron chi connectivity index (χ0n) is 10.4. The second-order valence-corrected chi connectivity index (χ2v) is 4.48. The molecule has 5 nitrogen and oxygen atoms in total. The zero-order chi connectivity index (χ0) is 13.8. The summed E-state index contributed by atoms with van der Waals surface area (Å²) in [5.41, 5.74) is 1.26. The highest BCUT2D eigenvalue weighted by atomic mass is 19.1. The van der Waals surface area contributed by atoms with Crippen LogP contribution in [0.3, 0.4) is 0 Å². The van der Waals surface area contributed by atoms with Crippen molar-refractivity contribution in [1.82, 2.24) is 10.3 Å². The van der Waals surface area contributed by atoms with Crippen molar-refractivity contribution in [2.24, 2.45) is 0 Å². The summed E-state index contributed by atoms with van der Waals surface area (Å²) in [6, 6.07) is 1.15. The largest absolute Gasteiger partial charge is 0.394 e. The molecule has 19 heavy (non-hydrogen) atoms. The van der Waals surface area contributed by atoms with Gasteiger partial charge in [0.2, 0.25) is 0 Å². The first kappa shape index (κ1) is 14.1. The summed E-state index contributed by atoms with van der Waals surface area (Å²) >= 11 is 0. The van der Waals surface area contributed by atoms with Gasteiger partial charge in [-0.1, -0.05) is 6.08 Å². The van der Waals surface area contributed by atoms with Crippen LogP contribution in [0.25, 0.3) is 5.57 Å². The SMILES string of the molecule is OCC(O)C(O)c1cnc(C2=CCNCC2)c(F)c1. The number of halogens is 1. The summed E-state index contributed by atoms with van der Waals surface area (Å²) in [6.45, 7) is 0.867. The van der Waals surface area contributed by atoms with Crippen LogP contribution in [0.1, 0.15) is 23.8 Å². The maximum absolute atomic E-state index is 14.0. The van der Waals surface area contributed by atoms with Crippen molar-refractivity contribution in [2.45, 2.75) is 18.6 Å². The molecule has 1 aromatic heterocycles. The second-order valence-electron chi connectivity index (χ2n) is 4.48. The van der Waals surface area contributed by atoms with Gasteiger partial charge in [-0.05, 0) is 24.6 Å². The lowest BCUT2D eigenvalue weighted by molar-refractivity contribution is -0.0155. The van der Waals surface area contributed by atoms with Crippen molar-refractivity contribution in [1.29, 1.82) is 0 Å². The van der Waals surface area contributed by atoms with Crippen molar-refractivity contribution >= 4 is 5.57 Å². The highest BCUT2D eigenvalue weighted by molar-refractivity contribution is 5.64. The number of hydrogen-bond donors (Lipinski definition) is 4. The van der Waals surface area contributed by atoms with E-state index in [1.165, 1.54) is 6.20 Å². The standard InChI is InChI=1S/C13H17FN2O3/c14-10-5-9(13(19)11(18)7-17)6-16-12(10)8-1-3-15-4-2-8/h1,5-6,11,13,15,17-19H,2-4,7H2. The topological polar surface area (TPSA) is 85.6 Å². The summed E-state index contributed by atoms with van der Waals surface area (Å²) in [7, 11) is 0. The van der Waals surface area contributed by atoms with Gasteiger partial charge in [-0.3, -0.25) is 4.98 Å². The summed E-state index contributed by atoms with van der Waals surface area (Å²) in [5, 5.41) is 30.9. The van der Waals surface area contributed by atoms with Crippen LogP contribution in [-0.2, 0) is 0 Å². The number of rotatable bonds is 4. The Morgan fingerprint density at radius 3 is 2.79 bits per heavy atom. The van der Waals surface area contributed by atoms with Gasteiger partial charge in [0, 0.05) is 18.3 Å². The Morgan fingerprint density at radius 1 is 1.42 bits per heavy atom. The van der Waals surface area contributed by atoms with Gasteiger partial charge in [-0.2, -0.15) is 0 Å². The van der Waals surface area contributed by atoms with Crippen molar-refractivity contribution < 1.29 is 19.7 Å². The van der Waals surface area contributed by atoms with Crippen LogP contribution in [-0.4, -0.2) is 46.1 Å². The Labute approximate surface area is 110 Å². The molecule has 1 aliphatic heterocycles. The number of nitrogens with one attached hydrogen (secondary N) is 1. The van der Waals surface area contributed by atoms with Gasteiger partial charge in [0.05, 0.1) is 6.61 Å². The van der Waals surface area contributed by atoms with Crippen molar-refractivity contribution in [3.8, 4) is 0 Å². The highest BCUT2D eigenvalue weighted by Gasteiger charge is 2.20. The molecule has 2 atom stereocenters. The van der Waals surface area contributed by atoms with E-state index in [9.17, 15) is 14.6 Å². The first-order valence-electron chi connectivity index (χ1n) is 6.16. The molecule has 0 bridgehead atoms. The van der Waals surface area contributed by atoms with Crippen molar-refractivity contribution in [3.63, 3.8) is 0 Å². The Bertz CT molecular complexity index is 479. The smallest absolute Gasteiger partial charge is 0.149 e. The Hall–Kier alpha value is -1.34. The summed E-state index contributed by atoms with van der Waals surface area (Å²) in [4.78, 5) is 4.02. The Balaban J connectivity index is 2.24. The molecule has 6 heteroatoms. The van der Waals surface area contributed by atoms with Crippen LogP contribution in [0.4, 0.5) is 4.39 Å². The molecule has 104 valence electrons. The lowest BCUT2D eigenvalue weighted by Gasteiger charge is -2.18. The first-order valence-corrected chi connectivity index (χ1v) is 6.16. The number of aromatic nitrogens is 1. The third kappa shape index (κ3) is 3.16. The molecular formula is C13H17FN2O3. The van der Waals surface area contributed by atoms with E-state index in [0.717, 1.165) is 18.2 Å². The quantitative estimate of drug-likeness (QED) is 0.617. The van der Waals surface area contributed by atoms with Crippen molar-refractivity contribution in [2.75, 3.05) is 19.7 Å². The molecule has 0 amide bonds. The van der Waals surface area contributed by atoms with Gasteiger partial charge in [-0.25, -0.2) is 4.39 Å². The molecule has 0 radical (unpaired) electrons. The second kappa shape index (κ2) is 6.21. The highest BCUT2D eigenvalue weighted by Crippen LogP contribution is 2.24. The average molecular weight is 268 g/mol. The van der Waals surface area contributed by atoms with E-state index in [0.29, 0.717) is 13.0 Å². The van der Waals surface area contributed by atoms with Gasteiger partial charge in [0.15, 0.2) is 0 Å². The molecule has 4 N–H and O–H groups in total. The number of hydrogen-bond acceptors (Lipinski definition) is 5. The van der Waals surface area contributed by atoms with Crippen LogP contribution >= 0.6 is 0 Å². The summed E-state index contributed by atoms with van der Waals surface area (Å²) < 4.78 is 14.0. The predicted molar refractivity (Wildman–Crippen MR) is 67.7 cm³/mol. The van der Waals surface area contributed by atoms with E-state index in [2.05, 4.69) is 10.3 Å². The molecule has 0 aromatic carbocycles. The Kier molecular flexibility index (Phi) is 4.60. The normalized spacial score (nSPS) is 18.8. The molecule has 2 heterocycles. The van der Waals surface area contributed by atoms with Gasteiger partial charge < -0.3 is 20.6 Å². The van der Waals surface area contributed by atoms with E-state index < -0.39 is 24.6 Å². The molecule has 1 aliphatic rings. The van der Waals surface area contributed by atoms with Crippen LogP contribution in [0, 0.1) is 5.82 Å². The average Bonchev–Trinajstić information content (AvgIpc) is 2.46. The van der Waals surface area contributed by atoms with Crippen LogP contribution in [0.15, 0.2) is 18.3 Å². The lowest BCUT2D eigenvalue weighted by Crippen LogP contribution is -2.23. The molecule has 1 aromatic rings. The van der Waals surface area contributed by atoms with Crippen LogP contribution < -0.4 is 5.32 Å². The number of nitrogens with zero attached hydrogens (tertiary/aromatic N) is 1. The minimum Gasteiger partial charge on any atom is -0.394 e. The monoisotopic (exact) mass is 268 g/mol. The third-order valence-corrected chi connectivity index (χ3v) is 3.12. The van der Waals surface area contributed by atoms with E-state index >= 15 is 0 Å². The number of pyridine rings is 1. The van der Waals surface area contributed by atoms with Gasteiger partial charge in [0.1, 0.15) is 23.7 Å². The molecule has 2 unspecified atom stereocenters. The fourth-order valence-corrected chi connectivity index (χ4v) is 2.01. The maximum atomic E-state index is 14.0. The molecule has 0 spiro atoms. The number of aliphatic hydroxyl groups is 3. The fraction of sp³-hybridized carbons (Fsp3) is 0.462. The Morgan fingerprint density at radius 2 is 2.21 bits per heavy atom.